The maximum absolute atomic E-state index is 14.5. The lowest BCUT2D eigenvalue weighted by Gasteiger charge is -2.31. The van der Waals surface area contributed by atoms with Crippen molar-refractivity contribution in [3.63, 3.8) is 0 Å². The Hall–Kier alpha value is -3.15. The zero-order chi connectivity index (χ0) is 31.1. The Morgan fingerprint density at radius 2 is 1.49 bits per heavy atom. The zero-order valence-electron chi connectivity index (χ0n) is 19.9. The molecule has 0 aliphatic carbocycles. The summed E-state index contributed by atoms with van der Waals surface area (Å²) >= 11 is 6.64. The molecule has 1 N–H and O–H groups in total. The highest BCUT2D eigenvalue weighted by Crippen LogP contribution is 2.54. The van der Waals surface area contributed by atoms with Gasteiger partial charge in [0.25, 0.3) is 11.8 Å². The first-order valence-electron chi connectivity index (χ1n) is 10.7. The van der Waals surface area contributed by atoms with E-state index in [1.54, 1.807) is 0 Å². The summed E-state index contributed by atoms with van der Waals surface area (Å²) in [5.41, 5.74) is -12.0. The van der Waals surface area contributed by atoms with Crippen molar-refractivity contribution in [3.05, 3.63) is 85.7 Å². The summed E-state index contributed by atoms with van der Waals surface area (Å²) in [7, 11) is 1.31. The fraction of sp³-hybridized carbons (Fsp3) is 0.208. The number of alkyl halides is 10. The minimum Gasteiger partial charge on any atom is -0.320 e. The number of carbonyl (C=O) groups is 2. The number of carbonyl (C=O) groups excluding carboxylic acids is 2. The lowest BCUT2D eigenvalue weighted by atomic mass is 9.92. The van der Waals surface area contributed by atoms with Crippen LogP contribution in [0.3, 0.4) is 0 Å². The first-order valence-corrected chi connectivity index (χ1v) is 12.2. The van der Waals surface area contributed by atoms with E-state index in [-0.39, 0.29) is 28.0 Å². The molecule has 2 aromatic carbocycles. The van der Waals surface area contributed by atoms with E-state index in [1.165, 1.54) is 37.5 Å². The molecule has 0 unspecified atom stereocenters. The van der Waals surface area contributed by atoms with Crippen LogP contribution in [0.1, 0.15) is 31.8 Å². The molecule has 0 aliphatic rings. The number of hydrogen-bond donors (Lipinski definition) is 1. The molecule has 3 aromatic rings. The summed E-state index contributed by atoms with van der Waals surface area (Å²) < 4.78 is 134. The molecular formula is C24H13ClF10IN3O2. The number of aromatic nitrogens is 1. The van der Waals surface area contributed by atoms with E-state index in [2.05, 4.69) is 4.98 Å². The fourth-order valence-corrected chi connectivity index (χ4v) is 4.37. The van der Waals surface area contributed by atoms with Crippen molar-refractivity contribution < 1.29 is 53.5 Å². The van der Waals surface area contributed by atoms with Gasteiger partial charge in [0.15, 0.2) is 0 Å². The van der Waals surface area contributed by atoms with Gasteiger partial charge in [0, 0.05) is 33.6 Å². The Morgan fingerprint density at radius 3 is 2.00 bits per heavy atom. The number of amides is 2. The second-order valence-electron chi connectivity index (χ2n) is 8.27. The molecule has 2 amide bonds. The minimum atomic E-state index is -6.66. The molecule has 17 heteroatoms. The van der Waals surface area contributed by atoms with Crippen LogP contribution in [-0.2, 0) is 11.8 Å². The van der Waals surface area contributed by atoms with Gasteiger partial charge in [0.05, 0.1) is 16.8 Å². The Labute approximate surface area is 242 Å². The second kappa shape index (κ2) is 11.3. The minimum absolute atomic E-state index is 0.0799. The highest BCUT2D eigenvalue weighted by molar-refractivity contribution is 14.1. The SMILES string of the molecule is CN(C(=O)c1ccc(Cl)nc1)c1cccc(C(=O)Nc2c(I)cc(C(F)(C(F)(F)F)C(F)(F)F)cc2C(F)(F)F)c1. The highest BCUT2D eigenvalue weighted by atomic mass is 127. The molecule has 3 rings (SSSR count). The lowest BCUT2D eigenvalue weighted by molar-refractivity contribution is -0.348. The predicted molar refractivity (Wildman–Crippen MR) is 135 cm³/mol. The quantitative estimate of drug-likeness (QED) is 0.164. The van der Waals surface area contributed by atoms with E-state index in [1.807, 2.05) is 5.32 Å². The highest BCUT2D eigenvalue weighted by Gasteiger charge is 2.73. The summed E-state index contributed by atoms with van der Waals surface area (Å²) in [5, 5.41) is 1.92. The van der Waals surface area contributed by atoms with Gasteiger partial charge in [0.1, 0.15) is 5.15 Å². The smallest absolute Gasteiger partial charge is 0.320 e. The van der Waals surface area contributed by atoms with Crippen LogP contribution in [0.15, 0.2) is 54.7 Å². The van der Waals surface area contributed by atoms with Gasteiger partial charge in [0.2, 0.25) is 0 Å². The number of anilines is 2. The van der Waals surface area contributed by atoms with Crippen LogP contribution in [0, 0.1) is 3.57 Å². The van der Waals surface area contributed by atoms with Gasteiger partial charge in [-0.15, -0.1) is 0 Å². The van der Waals surface area contributed by atoms with Gasteiger partial charge in [-0.1, -0.05) is 17.7 Å². The van der Waals surface area contributed by atoms with E-state index >= 15 is 0 Å². The van der Waals surface area contributed by atoms with E-state index in [4.69, 9.17) is 11.6 Å². The Bertz CT molecular complexity index is 1460. The van der Waals surface area contributed by atoms with Gasteiger partial charge >= 0.3 is 24.2 Å². The summed E-state index contributed by atoms with van der Waals surface area (Å²) in [6.07, 6.45) is -17.8. The van der Waals surface area contributed by atoms with E-state index in [0.717, 1.165) is 39.6 Å². The normalized spacial score (nSPS) is 12.7. The van der Waals surface area contributed by atoms with Crippen LogP contribution in [0.25, 0.3) is 0 Å². The van der Waals surface area contributed by atoms with Crippen LogP contribution in [-0.4, -0.2) is 36.2 Å². The van der Waals surface area contributed by atoms with Gasteiger partial charge in [-0.3, -0.25) is 9.59 Å². The van der Waals surface area contributed by atoms with Crippen LogP contribution in [0.2, 0.25) is 5.15 Å². The van der Waals surface area contributed by atoms with E-state index < -0.39 is 62.5 Å². The number of pyridine rings is 1. The zero-order valence-corrected chi connectivity index (χ0v) is 22.9. The molecule has 0 radical (unpaired) electrons. The second-order valence-corrected chi connectivity index (χ2v) is 9.82. The first kappa shape index (κ1) is 32.4. The molecular weight excluding hydrogens is 715 g/mol. The molecule has 220 valence electrons. The predicted octanol–water partition coefficient (Wildman–Crippen LogP) is 8.18. The van der Waals surface area contributed by atoms with Gasteiger partial charge in [-0.2, -0.15) is 39.5 Å². The number of rotatable bonds is 5. The number of nitrogens with one attached hydrogen (secondary N) is 1. The molecule has 1 heterocycles. The largest absolute Gasteiger partial charge is 0.435 e. The van der Waals surface area contributed by atoms with Gasteiger partial charge in [-0.25, -0.2) is 9.37 Å². The Balaban J connectivity index is 2.02. The van der Waals surface area contributed by atoms with Crippen LogP contribution in [0.5, 0.6) is 0 Å². The number of nitrogens with zero attached hydrogens (tertiary/aromatic N) is 2. The molecule has 0 atom stereocenters. The van der Waals surface area contributed by atoms with Gasteiger partial charge < -0.3 is 10.2 Å². The maximum atomic E-state index is 14.5. The average molecular weight is 728 g/mol. The molecule has 0 spiro atoms. The van der Waals surface area contributed by atoms with E-state index in [0.29, 0.717) is 0 Å². The lowest BCUT2D eigenvalue weighted by Crippen LogP contribution is -2.50. The van der Waals surface area contributed by atoms with Crippen LogP contribution < -0.4 is 10.2 Å². The van der Waals surface area contributed by atoms with Crippen LogP contribution in [0.4, 0.5) is 55.3 Å². The van der Waals surface area contributed by atoms with Crippen molar-refractivity contribution in [1.29, 1.82) is 0 Å². The monoisotopic (exact) mass is 727 g/mol. The maximum Gasteiger partial charge on any atom is 0.435 e. The third-order valence-corrected chi connectivity index (χ3v) is 6.66. The molecule has 0 saturated carbocycles. The van der Waals surface area contributed by atoms with E-state index in [9.17, 15) is 53.5 Å². The first-order chi connectivity index (χ1) is 18.7. The molecule has 0 fully saturated rings. The summed E-state index contributed by atoms with van der Waals surface area (Å²) in [6, 6.07) is 6.80. The standard InChI is InChI=1S/C24H13ClF10IN3O2/c1-39(20(41)12-5-6-17(25)37-10-12)14-4-2-3-11(7-14)19(40)38-18-15(22(27,28)29)8-13(9-16(18)36)21(26,23(30,31)32)24(33,34)35/h2-10H,1H3,(H,38,40). The Kier molecular flexibility index (Phi) is 8.89. The Morgan fingerprint density at radius 1 is 0.878 bits per heavy atom. The van der Waals surface area contributed by atoms with Crippen molar-refractivity contribution in [1.82, 2.24) is 4.98 Å². The number of hydrogen-bond acceptors (Lipinski definition) is 3. The number of benzene rings is 2. The molecule has 5 nitrogen and oxygen atoms in total. The van der Waals surface area contributed by atoms with Crippen molar-refractivity contribution in [3.8, 4) is 0 Å². The molecule has 0 saturated heterocycles. The average Bonchev–Trinajstić information content (AvgIpc) is 2.86. The van der Waals surface area contributed by atoms with Crippen molar-refractivity contribution in [2.75, 3.05) is 17.3 Å². The fourth-order valence-electron chi connectivity index (χ4n) is 3.50. The third-order valence-electron chi connectivity index (χ3n) is 5.59. The molecule has 41 heavy (non-hydrogen) atoms. The summed E-state index contributed by atoms with van der Waals surface area (Å²) in [4.78, 5) is 30.4. The summed E-state index contributed by atoms with van der Waals surface area (Å²) in [5.74, 6) is -1.88. The van der Waals surface area contributed by atoms with Crippen LogP contribution >= 0.6 is 34.2 Å². The number of halogens is 12. The third kappa shape index (κ3) is 6.52. The van der Waals surface area contributed by atoms with Crippen molar-refractivity contribution in [2.24, 2.45) is 0 Å². The van der Waals surface area contributed by atoms with Crippen molar-refractivity contribution in [2.45, 2.75) is 24.2 Å². The molecule has 0 bridgehead atoms. The topological polar surface area (TPSA) is 62.3 Å². The van der Waals surface area contributed by atoms with Gasteiger partial charge in [-0.05, 0) is 65.1 Å². The molecule has 1 aromatic heterocycles. The van der Waals surface area contributed by atoms with Crippen molar-refractivity contribution >= 4 is 57.4 Å². The molecule has 0 aliphatic heterocycles. The summed E-state index contributed by atoms with van der Waals surface area (Å²) in [6.45, 7) is 0.